The lowest BCUT2D eigenvalue weighted by molar-refractivity contribution is -0.137. The number of halogens is 3. The van der Waals surface area contributed by atoms with E-state index >= 15 is 0 Å². The molecule has 1 fully saturated rings. The van der Waals surface area contributed by atoms with Crippen LogP contribution in [0.1, 0.15) is 40.4 Å². The molecule has 0 aliphatic carbocycles. The van der Waals surface area contributed by atoms with Crippen molar-refractivity contribution in [3.8, 4) is 11.3 Å². The van der Waals surface area contributed by atoms with E-state index in [1.54, 1.807) is 24.4 Å². The molecule has 172 valence electrons. The van der Waals surface area contributed by atoms with Gasteiger partial charge in [0.15, 0.2) is 0 Å². The molecule has 0 saturated carbocycles. The van der Waals surface area contributed by atoms with Crippen LogP contribution in [0.25, 0.3) is 22.2 Å². The fraction of sp³-hybridized carbons (Fsp3) is 0.222. The minimum absolute atomic E-state index is 0.0190. The molecule has 1 aliphatic rings. The molecule has 4 nitrogen and oxygen atoms in total. The van der Waals surface area contributed by atoms with Crippen LogP contribution in [0.15, 0.2) is 79.0 Å². The van der Waals surface area contributed by atoms with Crippen molar-refractivity contribution in [3.05, 3.63) is 95.8 Å². The molecule has 1 amide bonds. The lowest BCUT2D eigenvalue weighted by atomic mass is 9.93. The SMILES string of the molecule is O=C(c1ccc2ncccc2c1)N1CCC[C@H](c2cccc(-c3cccc(C(F)(F)F)c3)n2)C1. The van der Waals surface area contributed by atoms with Gasteiger partial charge in [-0.15, -0.1) is 0 Å². The van der Waals surface area contributed by atoms with Crippen molar-refractivity contribution < 1.29 is 18.0 Å². The number of fused-ring (bicyclic) bond motifs is 1. The van der Waals surface area contributed by atoms with Crippen LogP contribution in [0.2, 0.25) is 0 Å². The van der Waals surface area contributed by atoms with Crippen molar-refractivity contribution in [1.82, 2.24) is 14.9 Å². The second-order valence-corrected chi connectivity index (χ2v) is 8.53. The minimum atomic E-state index is -4.41. The molecule has 0 N–H and O–H groups in total. The van der Waals surface area contributed by atoms with Crippen molar-refractivity contribution in [2.75, 3.05) is 13.1 Å². The Morgan fingerprint density at radius 1 is 0.971 bits per heavy atom. The van der Waals surface area contributed by atoms with E-state index in [1.807, 2.05) is 41.3 Å². The number of aromatic nitrogens is 2. The Labute approximate surface area is 195 Å². The van der Waals surface area contributed by atoms with E-state index in [2.05, 4.69) is 9.97 Å². The summed E-state index contributed by atoms with van der Waals surface area (Å²) in [6.45, 7) is 1.18. The summed E-state index contributed by atoms with van der Waals surface area (Å²) in [7, 11) is 0. The van der Waals surface area contributed by atoms with Gasteiger partial charge in [0.2, 0.25) is 0 Å². The second-order valence-electron chi connectivity index (χ2n) is 8.53. The number of carbonyl (C=O) groups excluding carboxylic acids is 1. The zero-order chi connectivity index (χ0) is 23.7. The monoisotopic (exact) mass is 461 g/mol. The van der Waals surface area contributed by atoms with Gasteiger partial charge in [-0.3, -0.25) is 14.8 Å². The van der Waals surface area contributed by atoms with Gasteiger partial charge in [0.1, 0.15) is 0 Å². The maximum Gasteiger partial charge on any atom is 0.416 e. The summed E-state index contributed by atoms with van der Waals surface area (Å²) in [4.78, 5) is 24.0. The van der Waals surface area contributed by atoms with Crippen LogP contribution >= 0.6 is 0 Å². The molecule has 0 unspecified atom stereocenters. The molecule has 4 aromatic rings. The number of nitrogens with zero attached hydrogens (tertiary/aromatic N) is 3. The molecule has 1 saturated heterocycles. The second kappa shape index (κ2) is 8.89. The number of hydrogen-bond acceptors (Lipinski definition) is 3. The van der Waals surface area contributed by atoms with E-state index in [4.69, 9.17) is 0 Å². The summed E-state index contributed by atoms with van der Waals surface area (Å²) in [6, 6.07) is 19.9. The Balaban J connectivity index is 1.37. The standard InChI is InChI=1S/C27H22F3N3O/c28-27(29,30)22-8-1-5-19(16-22)24-9-2-10-25(32-24)21-7-4-14-33(17-21)26(34)20-11-12-23-18(15-20)6-3-13-31-23/h1-3,5-6,8-13,15-16,21H,4,7,14,17H2/t21-/m0/s1. The normalized spacial score (nSPS) is 16.6. The molecule has 1 aliphatic heterocycles. The molecule has 34 heavy (non-hydrogen) atoms. The van der Waals surface area contributed by atoms with Crippen LogP contribution in [0.5, 0.6) is 0 Å². The highest BCUT2D eigenvalue weighted by Crippen LogP contribution is 2.33. The zero-order valence-corrected chi connectivity index (χ0v) is 18.3. The van der Waals surface area contributed by atoms with Gasteiger partial charge in [-0.1, -0.05) is 24.3 Å². The lowest BCUT2D eigenvalue weighted by Gasteiger charge is -2.32. The maximum absolute atomic E-state index is 13.2. The third kappa shape index (κ3) is 4.51. The van der Waals surface area contributed by atoms with E-state index in [1.165, 1.54) is 6.07 Å². The van der Waals surface area contributed by atoms with Gasteiger partial charge in [-0.05, 0) is 61.4 Å². The topological polar surface area (TPSA) is 46.1 Å². The quantitative estimate of drug-likeness (QED) is 0.358. The Hall–Kier alpha value is -3.74. The minimum Gasteiger partial charge on any atom is -0.338 e. The van der Waals surface area contributed by atoms with E-state index in [-0.39, 0.29) is 11.8 Å². The molecule has 0 bridgehead atoms. The fourth-order valence-electron chi connectivity index (χ4n) is 4.49. The van der Waals surface area contributed by atoms with Crippen LogP contribution in [-0.4, -0.2) is 33.9 Å². The molecule has 1 atom stereocenters. The molecular weight excluding hydrogens is 439 g/mol. The third-order valence-corrected chi connectivity index (χ3v) is 6.23. The van der Waals surface area contributed by atoms with Gasteiger partial charge in [0.05, 0.1) is 16.8 Å². The van der Waals surface area contributed by atoms with Crippen molar-refractivity contribution in [2.45, 2.75) is 24.9 Å². The number of amides is 1. The van der Waals surface area contributed by atoms with E-state index in [9.17, 15) is 18.0 Å². The van der Waals surface area contributed by atoms with E-state index in [0.717, 1.165) is 41.6 Å². The summed E-state index contributed by atoms with van der Waals surface area (Å²) in [6.07, 6.45) is -0.984. The van der Waals surface area contributed by atoms with Crippen molar-refractivity contribution in [3.63, 3.8) is 0 Å². The van der Waals surface area contributed by atoms with Crippen molar-refractivity contribution in [1.29, 1.82) is 0 Å². The Kier molecular flexibility index (Phi) is 5.77. The molecule has 2 aromatic heterocycles. The van der Waals surface area contributed by atoms with Gasteiger partial charge in [-0.2, -0.15) is 13.2 Å². The van der Waals surface area contributed by atoms with Crippen molar-refractivity contribution in [2.24, 2.45) is 0 Å². The first-order valence-electron chi connectivity index (χ1n) is 11.2. The molecule has 5 rings (SSSR count). The van der Waals surface area contributed by atoms with Gasteiger partial charge >= 0.3 is 6.18 Å². The molecular formula is C27H22F3N3O. The predicted octanol–water partition coefficient (Wildman–Crippen LogP) is 6.34. The number of alkyl halides is 3. The zero-order valence-electron chi connectivity index (χ0n) is 18.3. The first kappa shape index (κ1) is 22.1. The highest BCUT2D eigenvalue weighted by atomic mass is 19.4. The summed E-state index contributed by atoms with van der Waals surface area (Å²) >= 11 is 0. The highest BCUT2D eigenvalue weighted by Gasteiger charge is 2.31. The Bertz CT molecular complexity index is 1350. The van der Waals surface area contributed by atoms with Gasteiger partial charge in [0.25, 0.3) is 5.91 Å². The number of rotatable bonds is 3. The van der Waals surface area contributed by atoms with Crippen LogP contribution < -0.4 is 0 Å². The summed E-state index contributed by atoms with van der Waals surface area (Å²) in [5.74, 6) is -0.0185. The summed E-state index contributed by atoms with van der Waals surface area (Å²) in [5.41, 5.74) is 2.46. The number of hydrogen-bond donors (Lipinski definition) is 0. The fourth-order valence-corrected chi connectivity index (χ4v) is 4.49. The largest absolute Gasteiger partial charge is 0.416 e. The number of benzene rings is 2. The average Bonchev–Trinajstić information content (AvgIpc) is 2.88. The predicted molar refractivity (Wildman–Crippen MR) is 124 cm³/mol. The van der Waals surface area contributed by atoms with Crippen LogP contribution in [0, 0.1) is 0 Å². The summed E-state index contributed by atoms with van der Waals surface area (Å²) in [5, 5.41) is 0.914. The van der Waals surface area contributed by atoms with Crippen LogP contribution in [-0.2, 0) is 6.18 Å². The first-order valence-corrected chi connectivity index (χ1v) is 11.2. The Morgan fingerprint density at radius 2 is 1.82 bits per heavy atom. The number of pyridine rings is 2. The average molecular weight is 461 g/mol. The first-order chi connectivity index (χ1) is 16.4. The maximum atomic E-state index is 13.2. The van der Waals surface area contributed by atoms with Crippen molar-refractivity contribution >= 4 is 16.8 Å². The summed E-state index contributed by atoms with van der Waals surface area (Å²) < 4.78 is 39.4. The molecule has 0 radical (unpaired) electrons. The smallest absolute Gasteiger partial charge is 0.338 e. The Morgan fingerprint density at radius 3 is 2.68 bits per heavy atom. The van der Waals surface area contributed by atoms with Gasteiger partial charge in [-0.25, -0.2) is 0 Å². The highest BCUT2D eigenvalue weighted by molar-refractivity contribution is 5.98. The van der Waals surface area contributed by atoms with E-state index < -0.39 is 11.7 Å². The molecule has 3 heterocycles. The van der Waals surface area contributed by atoms with E-state index in [0.29, 0.717) is 29.9 Å². The third-order valence-electron chi connectivity index (χ3n) is 6.23. The van der Waals surface area contributed by atoms with Gasteiger partial charge in [0, 0.05) is 47.4 Å². The molecule has 2 aromatic carbocycles. The number of carbonyl (C=O) groups is 1. The van der Waals surface area contributed by atoms with Crippen LogP contribution in [0.4, 0.5) is 13.2 Å². The van der Waals surface area contributed by atoms with Crippen LogP contribution in [0.3, 0.4) is 0 Å². The lowest BCUT2D eigenvalue weighted by Crippen LogP contribution is -2.39. The number of piperidine rings is 1. The molecule has 0 spiro atoms. The van der Waals surface area contributed by atoms with Gasteiger partial charge < -0.3 is 4.90 Å². The number of likely N-dealkylation sites (tertiary alicyclic amines) is 1. The molecule has 7 heteroatoms.